The molecule has 18 heavy (non-hydrogen) atoms. The molecule has 0 spiro atoms. The maximum absolute atomic E-state index is 6.31. The Labute approximate surface area is 119 Å². The number of hydrogen-bond donors (Lipinski definition) is 0. The van der Waals surface area contributed by atoms with Crippen molar-refractivity contribution in [2.45, 2.75) is 64.3 Å². The molecule has 110 valence electrons. The van der Waals surface area contributed by atoms with Crippen LogP contribution in [-0.4, -0.2) is 47.2 Å². The second-order valence-electron chi connectivity index (χ2n) is 7.96. The van der Waals surface area contributed by atoms with Crippen molar-refractivity contribution in [2.75, 3.05) is 6.61 Å². The van der Waals surface area contributed by atoms with E-state index >= 15 is 0 Å². The van der Waals surface area contributed by atoms with Crippen LogP contribution in [0, 0.1) is 0 Å². The normalized spacial score (nSPS) is 15.2. The van der Waals surface area contributed by atoms with Crippen molar-refractivity contribution in [1.82, 2.24) is 0 Å². The van der Waals surface area contributed by atoms with Gasteiger partial charge in [-0.15, -0.1) is 0 Å². The van der Waals surface area contributed by atoms with E-state index < -0.39 is 30.4 Å². The largest absolute Gasteiger partial charge is 0.413 e. The lowest BCUT2D eigenvalue weighted by atomic mass is 10.7. The van der Waals surface area contributed by atoms with Gasteiger partial charge in [0.2, 0.25) is 0 Å². The van der Waals surface area contributed by atoms with Gasteiger partial charge in [-0.3, -0.25) is 0 Å². The standard InChI is InChI=1S/C11H32O3Si4/c1-16(2,3)12-10-11(15,13-17(4,5)6)14-18(7,8)9/h10H2,1-9,15H3. The van der Waals surface area contributed by atoms with E-state index in [-0.39, 0.29) is 0 Å². The van der Waals surface area contributed by atoms with Gasteiger partial charge in [-0.25, -0.2) is 0 Å². The second-order valence-corrected chi connectivity index (χ2v) is 22.9. The van der Waals surface area contributed by atoms with E-state index in [1.54, 1.807) is 0 Å². The highest BCUT2D eigenvalue weighted by atomic mass is 28.4. The van der Waals surface area contributed by atoms with Crippen LogP contribution in [0.4, 0.5) is 0 Å². The van der Waals surface area contributed by atoms with Crippen LogP contribution in [0.25, 0.3) is 0 Å². The average molecular weight is 325 g/mol. The van der Waals surface area contributed by atoms with Gasteiger partial charge in [-0.05, 0) is 58.9 Å². The summed E-state index contributed by atoms with van der Waals surface area (Å²) in [5.74, 6) is 0. The Kier molecular flexibility index (Phi) is 6.27. The van der Waals surface area contributed by atoms with Crippen molar-refractivity contribution < 1.29 is 13.3 Å². The van der Waals surface area contributed by atoms with E-state index in [1.807, 2.05) is 0 Å². The van der Waals surface area contributed by atoms with Gasteiger partial charge >= 0.3 is 0 Å². The van der Waals surface area contributed by atoms with Gasteiger partial charge in [0.25, 0.3) is 0 Å². The van der Waals surface area contributed by atoms with Crippen molar-refractivity contribution in [2.24, 2.45) is 0 Å². The highest BCUT2D eigenvalue weighted by Crippen LogP contribution is 2.23. The molecule has 0 atom stereocenters. The van der Waals surface area contributed by atoms with Gasteiger partial charge in [0.05, 0.1) is 16.8 Å². The molecule has 0 rings (SSSR count). The zero-order chi connectivity index (χ0) is 14.8. The quantitative estimate of drug-likeness (QED) is 0.532. The van der Waals surface area contributed by atoms with Gasteiger partial charge in [0.15, 0.2) is 25.0 Å². The third-order valence-electron chi connectivity index (χ3n) is 1.81. The van der Waals surface area contributed by atoms with E-state index in [9.17, 15) is 0 Å². The van der Waals surface area contributed by atoms with Crippen LogP contribution in [-0.2, 0) is 13.3 Å². The average Bonchev–Trinajstić information content (AvgIpc) is 1.91. The van der Waals surface area contributed by atoms with Crippen LogP contribution in [0.15, 0.2) is 0 Å². The minimum Gasteiger partial charge on any atom is -0.413 e. The summed E-state index contributed by atoms with van der Waals surface area (Å²) < 4.78 is 18.7. The van der Waals surface area contributed by atoms with Gasteiger partial charge in [-0.1, -0.05) is 0 Å². The molecular weight excluding hydrogens is 292 g/mol. The Bertz CT molecular complexity index is 247. The lowest BCUT2D eigenvalue weighted by Crippen LogP contribution is -2.54. The summed E-state index contributed by atoms with van der Waals surface area (Å²) >= 11 is 0. The fraction of sp³-hybridized carbons (Fsp3) is 1.00. The minimum atomic E-state index is -1.62. The first-order valence-electron chi connectivity index (χ1n) is 6.66. The molecule has 7 heteroatoms. The SMILES string of the molecule is C[Si](C)(C)OCC([SiH3])(O[Si](C)(C)C)O[Si](C)(C)C. The Hall–Kier alpha value is 0.748. The van der Waals surface area contributed by atoms with Crippen molar-refractivity contribution in [3.05, 3.63) is 0 Å². The Balaban J connectivity index is 4.81. The Morgan fingerprint density at radius 1 is 0.722 bits per heavy atom. The smallest absolute Gasteiger partial charge is 0.187 e. The first kappa shape index (κ1) is 18.7. The molecule has 0 heterocycles. The van der Waals surface area contributed by atoms with E-state index in [1.165, 1.54) is 0 Å². The second kappa shape index (κ2) is 6.02. The summed E-state index contributed by atoms with van der Waals surface area (Å²) in [6, 6.07) is 0. The molecule has 0 bridgehead atoms. The molecule has 0 fully saturated rings. The van der Waals surface area contributed by atoms with Gasteiger partial charge in [0.1, 0.15) is 5.41 Å². The molecule has 0 aliphatic heterocycles. The van der Waals surface area contributed by atoms with Gasteiger partial charge < -0.3 is 13.3 Å². The zero-order valence-electron chi connectivity index (χ0n) is 13.9. The first-order chi connectivity index (χ1) is 7.62. The molecule has 0 aliphatic carbocycles. The highest BCUT2D eigenvalue weighted by Gasteiger charge is 2.37. The molecule has 0 unspecified atom stereocenters. The maximum Gasteiger partial charge on any atom is 0.187 e. The van der Waals surface area contributed by atoms with Crippen LogP contribution >= 0.6 is 0 Å². The van der Waals surface area contributed by atoms with Crippen molar-refractivity contribution in [1.29, 1.82) is 0 Å². The van der Waals surface area contributed by atoms with E-state index in [0.717, 1.165) is 10.2 Å². The molecular formula is C11H32O3Si4. The Morgan fingerprint density at radius 2 is 1.06 bits per heavy atom. The van der Waals surface area contributed by atoms with Crippen LogP contribution in [0.5, 0.6) is 0 Å². The number of rotatable bonds is 7. The summed E-state index contributed by atoms with van der Waals surface area (Å²) in [5.41, 5.74) is -0.449. The van der Waals surface area contributed by atoms with E-state index in [4.69, 9.17) is 13.3 Å². The molecule has 0 saturated carbocycles. The summed E-state index contributed by atoms with van der Waals surface area (Å²) in [4.78, 5) is 0. The molecule has 3 nitrogen and oxygen atoms in total. The summed E-state index contributed by atoms with van der Waals surface area (Å²) in [7, 11) is -3.92. The fourth-order valence-electron chi connectivity index (χ4n) is 1.72. The van der Waals surface area contributed by atoms with Gasteiger partial charge in [0, 0.05) is 0 Å². The zero-order valence-corrected chi connectivity index (χ0v) is 18.9. The molecule has 0 aromatic carbocycles. The van der Waals surface area contributed by atoms with E-state index in [0.29, 0.717) is 6.61 Å². The van der Waals surface area contributed by atoms with Crippen LogP contribution in [0.3, 0.4) is 0 Å². The monoisotopic (exact) mass is 324 g/mol. The molecule has 0 amide bonds. The minimum absolute atomic E-state index is 0.449. The third-order valence-corrected chi connectivity index (χ3v) is 6.42. The number of hydrogen-bond acceptors (Lipinski definition) is 3. The summed E-state index contributed by atoms with van der Waals surface area (Å²) in [6.07, 6.45) is 0. The lowest BCUT2D eigenvalue weighted by molar-refractivity contribution is -0.0826. The summed E-state index contributed by atoms with van der Waals surface area (Å²) in [5, 5.41) is 0. The predicted octanol–water partition coefficient (Wildman–Crippen LogP) is 2.56. The molecule has 0 aromatic heterocycles. The lowest BCUT2D eigenvalue weighted by Gasteiger charge is -2.41. The topological polar surface area (TPSA) is 27.7 Å². The molecule has 0 saturated heterocycles. The van der Waals surface area contributed by atoms with Crippen molar-refractivity contribution in [3.8, 4) is 0 Å². The fourth-order valence-corrected chi connectivity index (χ4v) is 9.40. The van der Waals surface area contributed by atoms with Crippen LogP contribution in [0.2, 0.25) is 58.9 Å². The molecule has 0 radical (unpaired) electrons. The third kappa shape index (κ3) is 10.7. The maximum atomic E-state index is 6.31. The van der Waals surface area contributed by atoms with Crippen LogP contribution < -0.4 is 0 Å². The Morgan fingerprint density at radius 3 is 1.28 bits per heavy atom. The molecule has 0 aliphatic rings. The van der Waals surface area contributed by atoms with Gasteiger partial charge in [-0.2, -0.15) is 0 Å². The summed E-state index contributed by atoms with van der Waals surface area (Å²) in [6.45, 7) is 20.5. The van der Waals surface area contributed by atoms with E-state index in [2.05, 4.69) is 58.9 Å². The molecule has 0 N–H and O–H groups in total. The van der Waals surface area contributed by atoms with Crippen LogP contribution in [0.1, 0.15) is 0 Å². The van der Waals surface area contributed by atoms with Crippen molar-refractivity contribution in [3.63, 3.8) is 0 Å². The van der Waals surface area contributed by atoms with Crippen molar-refractivity contribution >= 4 is 35.2 Å². The highest BCUT2D eigenvalue weighted by molar-refractivity contribution is 6.72. The first-order valence-corrected chi connectivity index (χ1v) is 17.9. The predicted molar refractivity (Wildman–Crippen MR) is 90.8 cm³/mol. The molecule has 0 aromatic rings.